The highest BCUT2D eigenvalue weighted by Gasteiger charge is 2.05. The van der Waals surface area contributed by atoms with Crippen molar-refractivity contribution in [1.29, 1.82) is 0 Å². The fraction of sp³-hybridized carbons (Fsp3) is 0.500. The van der Waals surface area contributed by atoms with E-state index in [1.165, 1.54) is 5.56 Å². The third-order valence-corrected chi connectivity index (χ3v) is 2.52. The summed E-state index contributed by atoms with van der Waals surface area (Å²) >= 11 is 5.84. The van der Waals surface area contributed by atoms with Crippen molar-refractivity contribution in [3.8, 4) is 5.75 Å². The maximum Gasteiger partial charge on any atom is 0.123 e. The number of ether oxygens (including phenoxy) is 2. The summed E-state index contributed by atoms with van der Waals surface area (Å²) in [4.78, 5) is 0. The SMILES string of the molecule is COC(C)COc1ccc(C)cc1CCl. The average Bonchev–Trinajstić information content (AvgIpc) is 2.26. The molecule has 1 rings (SSSR count). The van der Waals surface area contributed by atoms with E-state index in [9.17, 15) is 0 Å². The number of aryl methyl sites for hydroxylation is 1. The Bertz CT molecular complexity index is 312. The van der Waals surface area contributed by atoms with Gasteiger partial charge in [0.25, 0.3) is 0 Å². The number of hydrogen-bond donors (Lipinski definition) is 0. The third kappa shape index (κ3) is 3.73. The highest BCUT2D eigenvalue weighted by Crippen LogP contribution is 2.22. The Morgan fingerprint density at radius 2 is 2.13 bits per heavy atom. The lowest BCUT2D eigenvalue weighted by Crippen LogP contribution is -2.16. The zero-order valence-corrected chi connectivity index (χ0v) is 10.2. The molecular weight excluding hydrogens is 212 g/mol. The van der Waals surface area contributed by atoms with Gasteiger partial charge in [-0.15, -0.1) is 11.6 Å². The Labute approximate surface area is 96.2 Å². The molecule has 2 nitrogen and oxygen atoms in total. The fourth-order valence-electron chi connectivity index (χ4n) is 1.23. The molecule has 0 heterocycles. The molecule has 0 radical (unpaired) electrons. The average molecular weight is 229 g/mol. The zero-order chi connectivity index (χ0) is 11.3. The number of benzene rings is 1. The quantitative estimate of drug-likeness (QED) is 0.721. The van der Waals surface area contributed by atoms with Gasteiger partial charge in [0.05, 0.1) is 12.0 Å². The molecule has 0 aromatic heterocycles. The summed E-state index contributed by atoms with van der Waals surface area (Å²) in [6, 6.07) is 6.01. The Balaban J connectivity index is 2.67. The minimum Gasteiger partial charge on any atom is -0.491 e. The molecule has 84 valence electrons. The summed E-state index contributed by atoms with van der Waals surface area (Å²) in [7, 11) is 1.67. The number of methoxy groups -OCH3 is 1. The summed E-state index contributed by atoms with van der Waals surface area (Å²) in [5.41, 5.74) is 2.22. The van der Waals surface area contributed by atoms with Gasteiger partial charge < -0.3 is 9.47 Å². The normalized spacial score (nSPS) is 12.5. The largest absolute Gasteiger partial charge is 0.491 e. The van der Waals surface area contributed by atoms with Crippen LogP contribution in [0.2, 0.25) is 0 Å². The first-order valence-electron chi connectivity index (χ1n) is 4.98. The van der Waals surface area contributed by atoms with Crippen molar-refractivity contribution in [3.63, 3.8) is 0 Å². The second-order valence-electron chi connectivity index (χ2n) is 3.60. The van der Waals surface area contributed by atoms with Crippen LogP contribution in [0, 0.1) is 6.92 Å². The van der Waals surface area contributed by atoms with E-state index in [-0.39, 0.29) is 6.10 Å². The van der Waals surface area contributed by atoms with E-state index in [1.807, 2.05) is 32.0 Å². The van der Waals surface area contributed by atoms with Crippen molar-refractivity contribution >= 4 is 11.6 Å². The fourth-order valence-corrected chi connectivity index (χ4v) is 1.44. The van der Waals surface area contributed by atoms with Crippen molar-refractivity contribution in [3.05, 3.63) is 29.3 Å². The van der Waals surface area contributed by atoms with Gasteiger partial charge >= 0.3 is 0 Å². The van der Waals surface area contributed by atoms with Gasteiger partial charge in [0.15, 0.2) is 0 Å². The molecule has 0 aliphatic rings. The number of alkyl halides is 1. The molecule has 0 fully saturated rings. The molecule has 0 spiro atoms. The molecule has 0 N–H and O–H groups in total. The molecule has 0 saturated heterocycles. The maximum atomic E-state index is 5.84. The molecule has 0 saturated carbocycles. The standard InChI is InChI=1S/C12H17ClO2/c1-9-4-5-12(11(6-9)7-13)15-8-10(2)14-3/h4-6,10H,7-8H2,1-3H3. The van der Waals surface area contributed by atoms with E-state index < -0.39 is 0 Å². The second kappa shape index (κ2) is 5.99. The summed E-state index contributed by atoms with van der Waals surface area (Å²) < 4.78 is 10.7. The Morgan fingerprint density at radius 3 is 2.73 bits per heavy atom. The lowest BCUT2D eigenvalue weighted by Gasteiger charge is -2.14. The summed E-state index contributed by atoms with van der Waals surface area (Å²) in [6.07, 6.45) is 0.0921. The predicted octanol–water partition coefficient (Wildman–Crippen LogP) is 3.15. The van der Waals surface area contributed by atoms with Crippen LogP contribution in [0.25, 0.3) is 0 Å². The summed E-state index contributed by atoms with van der Waals surface area (Å²) in [5, 5.41) is 0. The lowest BCUT2D eigenvalue weighted by molar-refractivity contribution is 0.0714. The van der Waals surface area contributed by atoms with Gasteiger partial charge in [-0.1, -0.05) is 17.7 Å². The second-order valence-corrected chi connectivity index (χ2v) is 3.87. The summed E-state index contributed by atoms with van der Waals surface area (Å²) in [5.74, 6) is 1.32. The molecule has 3 heteroatoms. The Kier molecular flexibility index (Phi) is 4.92. The number of halogens is 1. The minimum absolute atomic E-state index is 0.0921. The van der Waals surface area contributed by atoms with Crippen molar-refractivity contribution in [2.75, 3.05) is 13.7 Å². The first-order valence-corrected chi connectivity index (χ1v) is 5.52. The molecule has 1 aromatic rings. The van der Waals surface area contributed by atoms with E-state index in [4.69, 9.17) is 21.1 Å². The smallest absolute Gasteiger partial charge is 0.123 e. The van der Waals surface area contributed by atoms with Crippen LogP contribution in [0.4, 0.5) is 0 Å². The highest BCUT2D eigenvalue weighted by atomic mass is 35.5. The maximum absolute atomic E-state index is 5.84. The van der Waals surface area contributed by atoms with Crippen molar-refractivity contribution in [2.24, 2.45) is 0 Å². The first kappa shape index (κ1) is 12.3. The monoisotopic (exact) mass is 228 g/mol. The van der Waals surface area contributed by atoms with E-state index in [0.29, 0.717) is 12.5 Å². The minimum atomic E-state index is 0.0921. The van der Waals surface area contributed by atoms with E-state index in [1.54, 1.807) is 7.11 Å². The van der Waals surface area contributed by atoms with Gasteiger partial charge in [0.2, 0.25) is 0 Å². The van der Waals surface area contributed by atoms with Crippen molar-refractivity contribution < 1.29 is 9.47 Å². The lowest BCUT2D eigenvalue weighted by atomic mass is 10.1. The van der Waals surface area contributed by atoms with E-state index in [2.05, 4.69) is 0 Å². The van der Waals surface area contributed by atoms with Gasteiger partial charge in [-0.2, -0.15) is 0 Å². The molecular formula is C12H17ClO2. The zero-order valence-electron chi connectivity index (χ0n) is 9.42. The van der Waals surface area contributed by atoms with Crippen molar-refractivity contribution in [1.82, 2.24) is 0 Å². The molecule has 0 bridgehead atoms. The number of rotatable bonds is 5. The van der Waals surface area contributed by atoms with Crippen LogP contribution in [0.5, 0.6) is 5.75 Å². The van der Waals surface area contributed by atoms with Gasteiger partial charge in [-0.3, -0.25) is 0 Å². The molecule has 0 aliphatic heterocycles. The molecule has 15 heavy (non-hydrogen) atoms. The first-order chi connectivity index (χ1) is 7.17. The molecule has 1 aromatic carbocycles. The van der Waals surface area contributed by atoms with Crippen LogP contribution < -0.4 is 4.74 Å². The van der Waals surface area contributed by atoms with Gasteiger partial charge in [0.1, 0.15) is 12.4 Å². The molecule has 0 aliphatic carbocycles. The molecule has 1 atom stereocenters. The van der Waals surface area contributed by atoms with Crippen LogP contribution in [0.1, 0.15) is 18.1 Å². The van der Waals surface area contributed by atoms with Gasteiger partial charge in [-0.05, 0) is 19.9 Å². The Hall–Kier alpha value is -0.730. The number of hydrogen-bond acceptors (Lipinski definition) is 2. The van der Waals surface area contributed by atoms with Crippen LogP contribution in [-0.4, -0.2) is 19.8 Å². The van der Waals surface area contributed by atoms with E-state index >= 15 is 0 Å². The van der Waals surface area contributed by atoms with Crippen molar-refractivity contribution in [2.45, 2.75) is 25.8 Å². The third-order valence-electron chi connectivity index (χ3n) is 2.24. The van der Waals surface area contributed by atoms with Crippen LogP contribution in [0.15, 0.2) is 18.2 Å². The van der Waals surface area contributed by atoms with E-state index in [0.717, 1.165) is 11.3 Å². The Morgan fingerprint density at radius 1 is 1.40 bits per heavy atom. The predicted molar refractivity (Wildman–Crippen MR) is 62.7 cm³/mol. The van der Waals surface area contributed by atoms with Gasteiger partial charge in [0, 0.05) is 12.7 Å². The summed E-state index contributed by atoms with van der Waals surface area (Å²) in [6.45, 7) is 4.55. The van der Waals surface area contributed by atoms with Gasteiger partial charge in [-0.25, -0.2) is 0 Å². The topological polar surface area (TPSA) is 18.5 Å². The molecule has 1 unspecified atom stereocenters. The van der Waals surface area contributed by atoms with Crippen LogP contribution >= 0.6 is 11.6 Å². The van der Waals surface area contributed by atoms with Crippen LogP contribution in [-0.2, 0) is 10.6 Å². The molecule has 0 amide bonds. The highest BCUT2D eigenvalue weighted by molar-refractivity contribution is 6.17. The van der Waals surface area contributed by atoms with Crippen LogP contribution in [0.3, 0.4) is 0 Å².